The Bertz CT molecular complexity index is 837. The first-order chi connectivity index (χ1) is 14.0. The minimum Gasteiger partial charge on any atom is -0.477 e. The second-order valence-corrected chi connectivity index (χ2v) is 10.1. The molecule has 0 saturated heterocycles. The highest BCUT2D eigenvalue weighted by Gasteiger charge is 2.41. The zero-order valence-corrected chi connectivity index (χ0v) is 19.3. The number of benzene rings is 1. The summed E-state index contributed by atoms with van der Waals surface area (Å²) in [6, 6.07) is 3.49. The van der Waals surface area contributed by atoms with Crippen molar-refractivity contribution in [1.29, 1.82) is 0 Å². The molecule has 1 aliphatic rings. The van der Waals surface area contributed by atoms with E-state index in [1.54, 1.807) is 0 Å². The summed E-state index contributed by atoms with van der Waals surface area (Å²) in [7, 11) is 0. The molecule has 2 unspecified atom stereocenters. The predicted molar refractivity (Wildman–Crippen MR) is 118 cm³/mol. The van der Waals surface area contributed by atoms with Crippen molar-refractivity contribution in [3.05, 3.63) is 45.2 Å². The molecule has 1 aromatic carbocycles. The number of nitrogens with zero attached hydrogens (tertiary/aromatic N) is 1. The van der Waals surface area contributed by atoms with Crippen molar-refractivity contribution in [1.82, 2.24) is 4.90 Å². The number of carbonyl (C=O) groups is 2. The lowest BCUT2D eigenvalue weighted by Gasteiger charge is -2.34. The molecule has 8 heteroatoms. The summed E-state index contributed by atoms with van der Waals surface area (Å²) >= 11 is 7.09. The number of rotatable bonds is 8. The maximum atomic E-state index is 14.6. The maximum Gasteiger partial charge on any atom is 0.343 e. The van der Waals surface area contributed by atoms with E-state index in [1.807, 2.05) is 27.7 Å². The average Bonchev–Trinajstić information content (AvgIpc) is 3.10. The van der Waals surface area contributed by atoms with E-state index in [-0.39, 0.29) is 38.8 Å². The number of carboxylic acid groups (broad SMARTS) is 1. The lowest BCUT2D eigenvalue weighted by molar-refractivity contribution is -0.131. The molecule has 1 amide bonds. The average molecular weight is 458 g/mol. The van der Waals surface area contributed by atoms with Crippen molar-refractivity contribution in [2.24, 2.45) is 5.41 Å². The highest BCUT2D eigenvalue weighted by molar-refractivity contribution is 8.04. The van der Waals surface area contributed by atoms with Gasteiger partial charge in [0.05, 0.1) is 5.56 Å². The molecule has 0 saturated carbocycles. The van der Waals surface area contributed by atoms with Crippen LogP contribution in [0, 0.1) is 11.2 Å². The van der Waals surface area contributed by atoms with E-state index in [1.165, 1.54) is 28.8 Å². The van der Waals surface area contributed by atoms with Crippen LogP contribution in [0.2, 0.25) is 5.02 Å². The summed E-state index contributed by atoms with van der Waals surface area (Å²) in [5.74, 6) is -2.42. The van der Waals surface area contributed by atoms with Crippen molar-refractivity contribution < 1.29 is 24.2 Å². The van der Waals surface area contributed by atoms with E-state index in [9.17, 15) is 24.2 Å². The molecular formula is C22H29ClFNO4S. The highest BCUT2D eigenvalue weighted by atomic mass is 35.5. The van der Waals surface area contributed by atoms with Gasteiger partial charge in [0, 0.05) is 35.0 Å². The molecule has 5 nitrogen and oxygen atoms in total. The van der Waals surface area contributed by atoms with Crippen molar-refractivity contribution >= 4 is 35.2 Å². The SMILES string of the molecule is CCC(CCCO)N(C(=O)c1ccc(Cl)cc1F)C1=C(C(=O)O)SC(C(C)(C)C)C1. The second kappa shape index (κ2) is 10.2. The van der Waals surface area contributed by atoms with E-state index < -0.39 is 17.7 Å². The van der Waals surface area contributed by atoms with Crippen LogP contribution < -0.4 is 0 Å². The lowest BCUT2D eigenvalue weighted by Crippen LogP contribution is -2.41. The number of aliphatic hydroxyl groups is 1. The van der Waals surface area contributed by atoms with Crippen LogP contribution in [0.25, 0.3) is 0 Å². The fourth-order valence-electron chi connectivity index (χ4n) is 3.53. The summed E-state index contributed by atoms with van der Waals surface area (Å²) in [6.07, 6.45) is 1.88. The molecule has 2 rings (SSSR count). The molecular weight excluding hydrogens is 429 g/mol. The standard InChI is InChI=1S/C22H29ClFNO4S/c1-5-14(7-6-10-26)25(20(27)15-9-8-13(23)11-16(15)24)17-12-18(22(2,3)4)30-19(17)21(28)29/h8-9,11,14,18,26H,5-7,10,12H2,1-4H3,(H,28,29). The fraction of sp³-hybridized carbons (Fsp3) is 0.545. The number of hydrogen-bond donors (Lipinski definition) is 2. The van der Waals surface area contributed by atoms with Crippen LogP contribution in [0.15, 0.2) is 28.8 Å². The quantitative estimate of drug-likeness (QED) is 0.552. The largest absolute Gasteiger partial charge is 0.477 e. The highest BCUT2D eigenvalue weighted by Crippen LogP contribution is 2.48. The summed E-state index contributed by atoms with van der Waals surface area (Å²) in [4.78, 5) is 27.1. The fourth-order valence-corrected chi connectivity index (χ4v) is 4.99. The third-order valence-electron chi connectivity index (χ3n) is 5.26. The van der Waals surface area contributed by atoms with Crippen LogP contribution >= 0.6 is 23.4 Å². The topological polar surface area (TPSA) is 77.8 Å². The van der Waals surface area contributed by atoms with Gasteiger partial charge in [-0.25, -0.2) is 9.18 Å². The first-order valence-electron chi connectivity index (χ1n) is 10.0. The van der Waals surface area contributed by atoms with Gasteiger partial charge in [-0.2, -0.15) is 0 Å². The summed E-state index contributed by atoms with van der Waals surface area (Å²) in [6.45, 7) is 7.94. The van der Waals surface area contributed by atoms with Crippen LogP contribution in [0.1, 0.15) is 63.7 Å². The van der Waals surface area contributed by atoms with Gasteiger partial charge < -0.3 is 15.1 Å². The second-order valence-electron chi connectivity index (χ2n) is 8.48. The van der Waals surface area contributed by atoms with E-state index in [0.717, 1.165) is 6.07 Å². The molecule has 0 aromatic heterocycles. The van der Waals surface area contributed by atoms with Gasteiger partial charge in [-0.05, 0) is 42.9 Å². The Morgan fingerprint density at radius 1 is 1.37 bits per heavy atom. The normalized spacial score (nSPS) is 17.9. The maximum absolute atomic E-state index is 14.6. The van der Waals surface area contributed by atoms with E-state index >= 15 is 0 Å². The van der Waals surface area contributed by atoms with Crippen LogP contribution in [-0.4, -0.2) is 44.9 Å². The Balaban J connectivity index is 2.58. The molecule has 0 fully saturated rings. The zero-order valence-electron chi connectivity index (χ0n) is 17.7. The third-order valence-corrected chi connectivity index (χ3v) is 7.30. The number of allylic oxidation sites excluding steroid dienone is 1. The molecule has 2 atom stereocenters. The first kappa shape index (κ1) is 24.7. The molecule has 1 heterocycles. The minimum absolute atomic E-state index is 0.0284. The number of amides is 1. The van der Waals surface area contributed by atoms with Gasteiger partial charge in [-0.1, -0.05) is 39.3 Å². The Kier molecular flexibility index (Phi) is 8.36. The summed E-state index contributed by atoms with van der Waals surface area (Å²) in [5, 5.41) is 19.3. The Morgan fingerprint density at radius 2 is 2.03 bits per heavy atom. The van der Waals surface area contributed by atoms with Gasteiger partial charge in [0.1, 0.15) is 10.7 Å². The van der Waals surface area contributed by atoms with E-state index in [2.05, 4.69) is 0 Å². The molecule has 0 spiro atoms. The van der Waals surface area contributed by atoms with Crippen LogP contribution in [0.3, 0.4) is 0 Å². The molecule has 166 valence electrons. The molecule has 30 heavy (non-hydrogen) atoms. The predicted octanol–water partition coefficient (Wildman–Crippen LogP) is 5.32. The van der Waals surface area contributed by atoms with Crippen LogP contribution in [0.5, 0.6) is 0 Å². The summed E-state index contributed by atoms with van der Waals surface area (Å²) in [5.41, 5.74) is 0.0834. The molecule has 1 aliphatic heterocycles. The number of carboxylic acids is 1. The number of aliphatic carboxylic acids is 1. The van der Waals surface area contributed by atoms with Crippen LogP contribution in [0.4, 0.5) is 4.39 Å². The van der Waals surface area contributed by atoms with E-state index in [0.29, 0.717) is 31.4 Å². The first-order valence-corrected chi connectivity index (χ1v) is 11.3. The van der Waals surface area contributed by atoms with E-state index in [4.69, 9.17) is 11.6 Å². The van der Waals surface area contributed by atoms with Crippen molar-refractivity contribution in [3.8, 4) is 0 Å². The number of hydrogen-bond acceptors (Lipinski definition) is 4. The molecule has 2 N–H and O–H groups in total. The van der Waals surface area contributed by atoms with Gasteiger partial charge in [0.2, 0.25) is 0 Å². The number of thioether (sulfide) groups is 1. The summed E-state index contributed by atoms with van der Waals surface area (Å²) < 4.78 is 14.6. The Hall–Kier alpha value is -1.57. The molecule has 0 radical (unpaired) electrons. The van der Waals surface area contributed by atoms with Crippen molar-refractivity contribution in [2.45, 2.75) is 64.7 Å². The van der Waals surface area contributed by atoms with Gasteiger partial charge in [-0.3, -0.25) is 4.79 Å². The Morgan fingerprint density at radius 3 is 2.53 bits per heavy atom. The number of carbonyl (C=O) groups excluding carboxylic acids is 1. The van der Waals surface area contributed by atoms with Gasteiger partial charge in [0.15, 0.2) is 0 Å². The van der Waals surface area contributed by atoms with Gasteiger partial charge in [0.25, 0.3) is 5.91 Å². The van der Waals surface area contributed by atoms with Crippen molar-refractivity contribution in [3.63, 3.8) is 0 Å². The minimum atomic E-state index is -1.09. The molecule has 0 bridgehead atoms. The van der Waals surface area contributed by atoms with Gasteiger partial charge >= 0.3 is 5.97 Å². The lowest BCUT2D eigenvalue weighted by atomic mass is 9.88. The van der Waals surface area contributed by atoms with Crippen molar-refractivity contribution in [2.75, 3.05) is 6.61 Å². The zero-order chi connectivity index (χ0) is 22.6. The third kappa shape index (κ3) is 5.56. The van der Waals surface area contributed by atoms with Crippen LogP contribution in [-0.2, 0) is 4.79 Å². The monoisotopic (exact) mass is 457 g/mol. The van der Waals surface area contributed by atoms with Gasteiger partial charge in [-0.15, -0.1) is 11.8 Å². The number of aliphatic hydroxyl groups excluding tert-OH is 1. The Labute approximate surface area is 186 Å². The number of halogens is 2. The molecule has 1 aromatic rings. The smallest absolute Gasteiger partial charge is 0.343 e. The molecule has 0 aliphatic carbocycles.